The molecule has 2 aromatic heterocycles. The van der Waals surface area contributed by atoms with Gasteiger partial charge in [0.05, 0.1) is 10.6 Å². The lowest BCUT2D eigenvalue weighted by atomic mass is 10.4. The third kappa shape index (κ3) is 2.92. The summed E-state index contributed by atoms with van der Waals surface area (Å²) in [5, 5.41) is 8.77. The lowest BCUT2D eigenvalue weighted by Gasteiger charge is -2.04. The van der Waals surface area contributed by atoms with Crippen LogP contribution >= 0.6 is 11.3 Å². The zero-order valence-corrected chi connectivity index (χ0v) is 11.3. The number of rotatable bonds is 5. The molecule has 0 radical (unpaired) electrons. The van der Waals surface area contributed by atoms with E-state index in [4.69, 9.17) is 0 Å². The molecule has 92 valence electrons. The maximum absolute atomic E-state index is 4.43. The van der Waals surface area contributed by atoms with Crippen molar-refractivity contribution in [2.24, 2.45) is 0 Å². The predicted molar refractivity (Wildman–Crippen MR) is 71.0 cm³/mol. The Bertz CT molecular complexity index is 472. The zero-order valence-electron chi connectivity index (χ0n) is 10.5. The van der Waals surface area contributed by atoms with Crippen molar-refractivity contribution in [1.82, 2.24) is 20.1 Å². The molecule has 0 unspecified atom stereocenters. The molecule has 0 spiro atoms. The Hall–Kier alpha value is -1.20. The highest BCUT2D eigenvalue weighted by molar-refractivity contribution is 7.15. The summed E-state index contributed by atoms with van der Waals surface area (Å²) in [4.78, 5) is 5.62. The first-order chi connectivity index (χ1) is 8.20. The van der Waals surface area contributed by atoms with Gasteiger partial charge < -0.3 is 5.32 Å². The van der Waals surface area contributed by atoms with E-state index in [0.29, 0.717) is 6.04 Å². The van der Waals surface area contributed by atoms with Crippen LogP contribution < -0.4 is 5.32 Å². The van der Waals surface area contributed by atoms with E-state index in [1.807, 2.05) is 23.1 Å². The summed E-state index contributed by atoms with van der Waals surface area (Å²) in [6.07, 6.45) is 3.77. The van der Waals surface area contributed by atoms with Crippen molar-refractivity contribution >= 4 is 11.3 Å². The minimum atomic E-state index is 0.489. The molecule has 4 nitrogen and oxygen atoms in total. The fourth-order valence-electron chi connectivity index (χ4n) is 1.60. The molecule has 0 amide bonds. The van der Waals surface area contributed by atoms with Crippen LogP contribution in [0, 0.1) is 0 Å². The van der Waals surface area contributed by atoms with E-state index < -0.39 is 0 Å². The molecule has 2 rings (SSSR count). The van der Waals surface area contributed by atoms with E-state index in [9.17, 15) is 0 Å². The third-order valence-electron chi connectivity index (χ3n) is 2.48. The molecule has 2 heterocycles. The van der Waals surface area contributed by atoms with Crippen molar-refractivity contribution in [2.75, 3.05) is 0 Å². The number of thiazole rings is 1. The van der Waals surface area contributed by atoms with Gasteiger partial charge in [-0.1, -0.05) is 13.8 Å². The highest BCUT2D eigenvalue weighted by Crippen LogP contribution is 2.25. The maximum Gasteiger partial charge on any atom is 0.107 e. The van der Waals surface area contributed by atoms with Gasteiger partial charge in [-0.05, 0) is 13.0 Å². The SMILES string of the molecule is CCn1nccc1-c1cnc(CNC(C)C)s1. The van der Waals surface area contributed by atoms with E-state index in [0.717, 1.165) is 23.8 Å². The minimum Gasteiger partial charge on any atom is -0.308 e. The highest BCUT2D eigenvalue weighted by atomic mass is 32.1. The Balaban J connectivity index is 2.12. The van der Waals surface area contributed by atoms with Crippen LogP contribution in [0.5, 0.6) is 0 Å². The van der Waals surface area contributed by atoms with Gasteiger partial charge in [0.2, 0.25) is 0 Å². The Kier molecular flexibility index (Phi) is 3.91. The van der Waals surface area contributed by atoms with Gasteiger partial charge in [0.25, 0.3) is 0 Å². The van der Waals surface area contributed by atoms with Crippen LogP contribution in [0.1, 0.15) is 25.8 Å². The molecule has 0 fully saturated rings. The molecule has 5 heteroatoms. The second-order valence-corrected chi connectivity index (χ2v) is 5.30. The molecule has 17 heavy (non-hydrogen) atoms. The Morgan fingerprint density at radius 2 is 2.29 bits per heavy atom. The van der Waals surface area contributed by atoms with E-state index in [1.165, 1.54) is 4.88 Å². The molecule has 0 saturated heterocycles. The second-order valence-electron chi connectivity index (χ2n) is 4.19. The largest absolute Gasteiger partial charge is 0.308 e. The number of nitrogens with one attached hydrogen (secondary N) is 1. The lowest BCUT2D eigenvalue weighted by molar-refractivity contribution is 0.587. The monoisotopic (exact) mass is 250 g/mol. The molecule has 0 atom stereocenters. The van der Waals surface area contributed by atoms with Crippen LogP contribution in [-0.2, 0) is 13.1 Å². The van der Waals surface area contributed by atoms with Gasteiger partial charge in [0.15, 0.2) is 0 Å². The van der Waals surface area contributed by atoms with Gasteiger partial charge in [0, 0.05) is 31.5 Å². The molecule has 0 aromatic carbocycles. The van der Waals surface area contributed by atoms with Gasteiger partial charge in [-0.3, -0.25) is 4.68 Å². The first-order valence-electron chi connectivity index (χ1n) is 5.91. The maximum atomic E-state index is 4.43. The molecule has 0 aliphatic heterocycles. The smallest absolute Gasteiger partial charge is 0.107 e. The third-order valence-corrected chi connectivity index (χ3v) is 3.50. The van der Waals surface area contributed by atoms with Gasteiger partial charge in [0.1, 0.15) is 5.01 Å². The lowest BCUT2D eigenvalue weighted by Crippen LogP contribution is -2.21. The normalized spacial score (nSPS) is 11.3. The van der Waals surface area contributed by atoms with Crippen molar-refractivity contribution in [3.63, 3.8) is 0 Å². The first kappa shape index (κ1) is 12.3. The van der Waals surface area contributed by atoms with E-state index in [-0.39, 0.29) is 0 Å². The molecule has 1 N–H and O–H groups in total. The summed E-state index contributed by atoms with van der Waals surface area (Å²) in [6, 6.07) is 2.53. The number of nitrogens with zero attached hydrogens (tertiary/aromatic N) is 3. The van der Waals surface area contributed by atoms with E-state index >= 15 is 0 Å². The molecule has 0 aliphatic rings. The van der Waals surface area contributed by atoms with Crippen molar-refractivity contribution in [3.8, 4) is 10.6 Å². The standard InChI is InChI=1S/C12H18N4S/c1-4-16-10(5-6-15-16)11-7-14-12(17-11)8-13-9(2)3/h5-7,9,13H,4,8H2,1-3H3. The second kappa shape index (κ2) is 5.42. The van der Waals surface area contributed by atoms with Gasteiger partial charge in [-0.25, -0.2) is 4.98 Å². The van der Waals surface area contributed by atoms with Crippen molar-refractivity contribution in [1.29, 1.82) is 0 Å². The molecule has 0 saturated carbocycles. The van der Waals surface area contributed by atoms with Crippen molar-refractivity contribution in [3.05, 3.63) is 23.5 Å². The van der Waals surface area contributed by atoms with E-state index in [1.54, 1.807) is 11.3 Å². The summed E-state index contributed by atoms with van der Waals surface area (Å²) >= 11 is 1.73. The fourth-order valence-corrected chi connectivity index (χ4v) is 2.49. The van der Waals surface area contributed by atoms with Crippen LogP contribution in [0.25, 0.3) is 10.6 Å². The summed E-state index contributed by atoms with van der Waals surface area (Å²) in [5.41, 5.74) is 1.15. The molecule has 2 aromatic rings. The number of hydrogen-bond donors (Lipinski definition) is 1. The topological polar surface area (TPSA) is 42.7 Å². The van der Waals surface area contributed by atoms with Crippen LogP contribution in [0.2, 0.25) is 0 Å². The average molecular weight is 250 g/mol. The molecule has 0 bridgehead atoms. The van der Waals surface area contributed by atoms with Crippen LogP contribution in [0.4, 0.5) is 0 Å². The molecule has 0 aliphatic carbocycles. The Labute approximate surface area is 106 Å². The van der Waals surface area contributed by atoms with Gasteiger partial charge in [-0.15, -0.1) is 11.3 Å². The summed E-state index contributed by atoms with van der Waals surface area (Å²) in [7, 11) is 0. The quantitative estimate of drug-likeness (QED) is 0.886. The van der Waals surface area contributed by atoms with Crippen LogP contribution in [0.3, 0.4) is 0 Å². The Morgan fingerprint density at radius 1 is 1.47 bits per heavy atom. The van der Waals surface area contributed by atoms with Crippen LogP contribution in [0.15, 0.2) is 18.5 Å². The first-order valence-corrected chi connectivity index (χ1v) is 6.72. The van der Waals surface area contributed by atoms with Gasteiger partial charge >= 0.3 is 0 Å². The zero-order chi connectivity index (χ0) is 12.3. The minimum absolute atomic E-state index is 0.489. The highest BCUT2D eigenvalue weighted by Gasteiger charge is 2.08. The summed E-state index contributed by atoms with van der Waals surface area (Å²) < 4.78 is 1.99. The van der Waals surface area contributed by atoms with E-state index in [2.05, 4.69) is 36.2 Å². The van der Waals surface area contributed by atoms with Crippen molar-refractivity contribution < 1.29 is 0 Å². The van der Waals surface area contributed by atoms with Gasteiger partial charge in [-0.2, -0.15) is 5.10 Å². The summed E-state index contributed by atoms with van der Waals surface area (Å²) in [5.74, 6) is 0. The predicted octanol–water partition coefficient (Wildman–Crippen LogP) is 2.52. The van der Waals surface area contributed by atoms with Crippen LogP contribution in [-0.4, -0.2) is 20.8 Å². The molecular formula is C12H18N4S. The number of aromatic nitrogens is 3. The van der Waals surface area contributed by atoms with Crippen molar-refractivity contribution in [2.45, 2.75) is 39.9 Å². The molecular weight excluding hydrogens is 232 g/mol. The average Bonchev–Trinajstić information content (AvgIpc) is 2.94. The summed E-state index contributed by atoms with van der Waals surface area (Å²) in [6.45, 7) is 8.10. The number of aryl methyl sites for hydroxylation is 1. The fraction of sp³-hybridized carbons (Fsp3) is 0.500. The number of hydrogen-bond acceptors (Lipinski definition) is 4. The Morgan fingerprint density at radius 3 is 3.00 bits per heavy atom.